The lowest BCUT2D eigenvalue weighted by molar-refractivity contribution is 0.580. The van der Waals surface area contributed by atoms with Crippen molar-refractivity contribution in [2.45, 2.75) is 6.92 Å². The van der Waals surface area contributed by atoms with E-state index in [1.165, 1.54) is 6.07 Å². The van der Waals surface area contributed by atoms with E-state index in [-0.39, 0.29) is 0 Å². The van der Waals surface area contributed by atoms with E-state index in [0.29, 0.717) is 12.4 Å². The van der Waals surface area contributed by atoms with Crippen molar-refractivity contribution in [3.05, 3.63) is 18.3 Å². The van der Waals surface area contributed by atoms with E-state index in [9.17, 15) is 4.39 Å². The zero-order valence-corrected chi connectivity index (χ0v) is 6.63. The quantitative estimate of drug-likeness (QED) is 0.525. The molecule has 12 heavy (non-hydrogen) atoms. The van der Waals surface area contributed by atoms with E-state index in [2.05, 4.69) is 27.1 Å². The fourth-order valence-electron chi connectivity index (χ4n) is 0.653. The Bertz CT molecular complexity index is 314. The summed E-state index contributed by atoms with van der Waals surface area (Å²) in [5.41, 5.74) is 0. The van der Waals surface area contributed by atoms with E-state index in [1.807, 2.05) is 0 Å². The Morgan fingerprint density at radius 2 is 2.42 bits per heavy atom. The Balaban J connectivity index is 2.55. The molecule has 0 spiro atoms. The van der Waals surface area contributed by atoms with Gasteiger partial charge in [-0.05, 0) is 6.92 Å². The lowest BCUT2D eigenvalue weighted by Gasteiger charge is -1.98. The Labute approximate surface area is 70.0 Å². The second-order valence-corrected chi connectivity index (χ2v) is 2.01. The third-order valence-corrected chi connectivity index (χ3v) is 1.17. The van der Waals surface area contributed by atoms with Crippen LogP contribution in [-0.2, 0) is 0 Å². The fraction of sp³-hybridized carbons (Fsp3) is 0.250. The second-order valence-electron chi connectivity index (χ2n) is 2.01. The van der Waals surface area contributed by atoms with Gasteiger partial charge in [0.25, 0.3) is 0 Å². The number of hydrogen-bond acceptors (Lipinski definition) is 3. The Morgan fingerprint density at radius 1 is 1.58 bits per heavy atom. The first kappa shape index (κ1) is 8.47. The first-order chi connectivity index (χ1) is 5.83. The van der Waals surface area contributed by atoms with Gasteiger partial charge in [0.2, 0.25) is 5.95 Å². The fourth-order valence-corrected chi connectivity index (χ4v) is 0.653. The number of hydrogen-bond donors (Lipinski definition) is 1. The molecule has 1 aromatic heterocycles. The van der Waals surface area contributed by atoms with Gasteiger partial charge in [0.05, 0.1) is 6.54 Å². The van der Waals surface area contributed by atoms with Gasteiger partial charge in [-0.3, -0.25) is 0 Å². The largest absolute Gasteiger partial charge is 0.359 e. The van der Waals surface area contributed by atoms with Crippen LogP contribution in [0.4, 0.5) is 10.2 Å². The summed E-state index contributed by atoms with van der Waals surface area (Å²) in [5.74, 6) is 5.38. The highest BCUT2D eigenvalue weighted by atomic mass is 19.1. The average molecular weight is 165 g/mol. The number of anilines is 1. The standard InChI is InChI=1S/C8H8FN3/c1-2-3-4-10-8-5-7(9)11-6-12-8/h5-6H,4H2,1H3,(H,10,11,12). The van der Waals surface area contributed by atoms with Crippen LogP contribution in [0.2, 0.25) is 0 Å². The molecule has 0 aliphatic carbocycles. The van der Waals surface area contributed by atoms with Crippen LogP contribution < -0.4 is 5.32 Å². The number of aromatic nitrogens is 2. The van der Waals surface area contributed by atoms with Crippen molar-refractivity contribution in [1.29, 1.82) is 0 Å². The molecule has 1 heterocycles. The van der Waals surface area contributed by atoms with Crippen molar-refractivity contribution >= 4 is 5.82 Å². The molecule has 4 heteroatoms. The van der Waals surface area contributed by atoms with Gasteiger partial charge in [0.1, 0.15) is 12.1 Å². The van der Waals surface area contributed by atoms with Gasteiger partial charge in [-0.15, -0.1) is 5.92 Å². The van der Waals surface area contributed by atoms with E-state index >= 15 is 0 Å². The zero-order chi connectivity index (χ0) is 8.81. The first-order valence-corrected chi connectivity index (χ1v) is 3.44. The maximum Gasteiger partial charge on any atom is 0.217 e. The van der Waals surface area contributed by atoms with Gasteiger partial charge < -0.3 is 5.32 Å². The van der Waals surface area contributed by atoms with Gasteiger partial charge in [-0.2, -0.15) is 4.39 Å². The highest BCUT2D eigenvalue weighted by Gasteiger charge is 1.93. The molecule has 0 radical (unpaired) electrons. The molecule has 3 nitrogen and oxygen atoms in total. The lowest BCUT2D eigenvalue weighted by Crippen LogP contribution is -2.01. The van der Waals surface area contributed by atoms with E-state index in [1.54, 1.807) is 6.92 Å². The molecule has 1 rings (SSSR count). The summed E-state index contributed by atoms with van der Waals surface area (Å²) in [4.78, 5) is 7.10. The molecule has 0 unspecified atom stereocenters. The van der Waals surface area contributed by atoms with E-state index in [0.717, 1.165) is 6.33 Å². The minimum atomic E-state index is -0.544. The summed E-state index contributed by atoms with van der Waals surface area (Å²) in [5, 5.41) is 2.82. The normalized spacial score (nSPS) is 8.50. The summed E-state index contributed by atoms with van der Waals surface area (Å²) < 4.78 is 12.4. The Hall–Kier alpha value is -1.63. The first-order valence-electron chi connectivity index (χ1n) is 3.44. The molecule has 0 saturated heterocycles. The van der Waals surface area contributed by atoms with E-state index < -0.39 is 5.95 Å². The summed E-state index contributed by atoms with van der Waals surface area (Å²) in [6, 6.07) is 1.22. The smallest absolute Gasteiger partial charge is 0.217 e. The highest BCUT2D eigenvalue weighted by Crippen LogP contribution is 2.00. The van der Waals surface area contributed by atoms with Crippen LogP contribution >= 0.6 is 0 Å². The molecule has 0 aromatic carbocycles. The highest BCUT2D eigenvalue weighted by molar-refractivity contribution is 5.33. The van der Waals surface area contributed by atoms with Crippen LogP contribution in [0.3, 0.4) is 0 Å². The van der Waals surface area contributed by atoms with Crippen LogP contribution in [0, 0.1) is 17.8 Å². The van der Waals surface area contributed by atoms with Gasteiger partial charge in [0.15, 0.2) is 0 Å². The predicted octanol–water partition coefficient (Wildman–Crippen LogP) is 1.05. The SMILES string of the molecule is CC#CCNc1cc(F)ncn1. The number of rotatable bonds is 2. The van der Waals surface area contributed by atoms with Crippen LogP contribution in [-0.4, -0.2) is 16.5 Å². The molecule has 1 N–H and O–H groups in total. The maximum absolute atomic E-state index is 12.4. The van der Waals surface area contributed by atoms with Crippen molar-refractivity contribution in [2.24, 2.45) is 0 Å². The molecule has 0 atom stereocenters. The second kappa shape index (κ2) is 4.29. The van der Waals surface area contributed by atoms with Gasteiger partial charge in [-0.25, -0.2) is 9.97 Å². The molecule has 62 valence electrons. The predicted molar refractivity (Wildman–Crippen MR) is 43.9 cm³/mol. The van der Waals surface area contributed by atoms with Gasteiger partial charge in [0, 0.05) is 6.07 Å². The van der Waals surface area contributed by atoms with Crippen LogP contribution in [0.5, 0.6) is 0 Å². The lowest BCUT2D eigenvalue weighted by atomic mass is 10.5. The molecule has 0 amide bonds. The third kappa shape index (κ3) is 2.54. The third-order valence-electron chi connectivity index (χ3n) is 1.17. The molecule has 0 bridgehead atoms. The zero-order valence-electron chi connectivity index (χ0n) is 6.63. The van der Waals surface area contributed by atoms with Crippen molar-refractivity contribution in [2.75, 3.05) is 11.9 Å². The van der Waals surface area contributed by atoms with E-state index in [4.69, 9.17) is 0 Å². The number of nitrogens with one attached hydrogen (secondary N) is 1. The molecular formula is C8H8FN3. The molecule has 0 fully saturated rings. The minimum absolute atomic E-state index is 0.449. The average Bonchev–Trinajstić information content (AvgIpc) is 2.05. The van der Waals surface area contributed by atoms with Crippen molar-refractivity contribution in [3.8, 4) is 11.8 Å². The van der Waals surface area contributed by atoms with Gasteiger partial charge in [-0.1, -0.05) is 5.92 Å². The monoisotopic (exact) mass is 165 g/mol. The van der Waals surface area contributed by atoms with Crippen molar-refractivity contribution in [3.63, 3.8) is 0 Å². The van der Waals surface area contributed by atoms with Crippen molar-refractivity contribution < 1.29 is 4.39 Å². The Kier molecular flexibility index (Phi) is 3.03. The minimum Gasteiger partial charge on any atom is -0.359 e. The Morgan fingerprint density at radius 3 is 3.08 bits per heavy atom. The maximum atomic E-state index is 12.4. The molecule has 0 aliphatic heterocycles. The summed E-state index contributed by atoms with van der Waals surface area (Å²) in [7, 11) is 0. The molecular weight excluding hydrogens is 157 g/mol. The number of halogens is 1. The summed E-state index contributed by atoms with van der Waals surface area (Å²) in [6.07, 6.45) is 1.16. The molecule has 1 aromatic rings. The summed E-state index contributed by atoms with van der Waals surface area (Å²) in [6.45, 7) is 2.20. The summed E-state index contributed by atoms with van der Waals surface area (Å²) >= 11 is 0. The van der Waals surface area contributed by atoms with Crippen LogP contribution in [0.1, 0.15) is 6.92 Å². The molecule has 0 aliphatic rings. The van der Waals surface area contributed by atoms with Crippen molar-refractivity contribution in [1.82, 2.24) is 9.97 Å². The van der Waals surface area contributed by atoms with Gasteiger partial charge >= 0.3 is 0 Å². The molecule has 0 saturated carbocycles. The van der Waals surface area contributed by atoms with Crippen LogP contribution in [0.25, 0.3) is 0 Å². The topological polar surface area (TPSA) is 37.8 Å². The number of nitrogens with zero attached hydrogens (tertiary/aromatic N) is 2. The van der Waals surface area contributed by atoms with Crippen LogP contribution in [0.15, 0.2) is 12.4 Å².